The van der Waals surface area contributed by atoms with Gasteiger partial charge < -0.3 is 5.73 Å². The van der Waals surface area contributed by atoms with E-state index in [1.165, 1.54) is 6.07 Å². The molecule has 0 aliphatic rings. The summed E-state index contributed by atoms with van der Waals surface area (Å²) in [7, 11) is 0. The average Bonchev–Trinajstić information content (AvgIpc) is 2.81. The predicted molar refractivity (Wildman–Crippen MR) is 72.7 cm³/mol. The highest BCUT2D eigenvalue weighted by Gasteiger charge is 2.14. The molecule has 0 unspecified atom stereocenters. The molecule has 2 N–H and O–H groups in total. The zero-order valence-corrected chi connectivity index (χ0v) is 11.5. The smallest absolute Gasteiger partial charge is 0.151 e. The van der Waals surface area contributed by atoms with Crippen molar-refractivity contribution in [2.45, 2.75) is 39.7 Å². The molecule has 0 saturated carbocycles. The minimum atomic E-state index is -0.322. The highest BCUT2D eigenvalue weighted by Crippen LogP contribution is 2.19. The molecule has 1 heterocycles. The first-order valence-electron chi connectivity index (χ1n) is 6.57. The molecule has 5 heteroatoms. The van der Waals surface area contributed by atoms with Gasteiger partial charge in [-0.05, 0) is 24.6 Å². The first kappa shape index (κ1) is 13.7. The molecule has 2 rings (SSSR count). The second-order valence-corrected chi connectivity index (χ2v) is 4.56. The Morgan fingerprint density at radius 2 is 2.05 bits per heavy atom. The Kier molecular flexibility index (Phi) is 3.95. The first-order chi connectivity index (χ1) is 9.06. The van der Waals surface area contributed by atoms with Gasteiger partial charge in [-0.25, -0.2) is 14.1 Å². The summed E-state index contributed by atoms with van der Waals surface area (Å²) in [6, 6.07) is 4.82. The Labute approximate surface area is 112 Å². The molecule has 0 amide bonds. The summed E-state index contributed by atoms with van der Waals surface area (Å²) < 4.78 is 15.8. The van der Waals surface area contributed by atoms with Crippen LogP contribution in [0.25, 0.3) is 5.69 Å². The van der Waals surface area contributed by atoms with E-state index in [9.17, 15) is 4.39 Å². The number of benzene rings is 1. The van der Waals surface area contributed by atoms with E-state index in [4.69, 9.17) is 5.73 Å². The van der Waals surface area contributed by atoms with Crippen LogP contribution in [0.5, 0.6) is 0 Å². The van der Waals surface area contributed by atoms with Gasteiger partial charge in [0.15, 0.2) is 5.82 Å². The van der Waals surface area contributed by atoms with Crippen LogP contribution in [0, 0.1) is 5.82 Å². The third-order valence-electron chi connectivity index (χ3n) is 3.08. The van der Waals surface area contributed by atoms with Crippen molar-refractivity contribution in [3.8, 4) is 5.69 Å². The van der Waals surface area contributed by atoms with E-state index in [2.05, 4.69) is 10.1 Å². The first-order valence-corrected chi connectivity index (χ1v) is 6.57. The van der Waals surface area contributed by atoms with E-state index < -0.39 is 0 Å². The maximum atomic E-state index is 14.2. The van der Waals surface area contributed by atoms with Gasteiger partial charge in [0.25, 0.3) is 0 Å². The van der Waals surface area contributed by atoms with Crippen LogP contribution in [-0.4, -0.2) is 14.8 Å². The van der Waals surface area contributed by atoms with Crippen LogP contribution in [0.1, 0.15) is 44.0 Å². The van der Waals surface area contributed by atoms with Crippen LogP contribution < -0.4 is 5.73 Å². The van der Waals surface area contributed by atoms with Crippen LogP contribution in [0.15, 0.2) is 18.2 Å². The molecule has 0 aliphatic heterocycles. The fraction of sp³-hybridized carbons (Fsp3) is 0.429. The van der Waals surface area contributed by atoms with Crippen molar-refractivity contribution in [2.75, 3.05) is 0 Å². The third kappa shape index (κ3) is 2.66. The highest BCUT2D eigenvalue weighted by molar-refractivity contribution is 5.37. The zero-order valence-electron chi connectivity index (χ0n) is 11.5. The van der Waals surface area contributed by atoms with Gasteiger partial charge in [0, 0.05) is 18.9 Å². The van der Waals surface area contributed by atoms with Gasteiger partial charge in [0.1, 0.15) is 17.3 Å². The number of hydrogen-bond donors (Lipinski definition) is 1. The minimum Gasteiger partial charge on any atom is -0.324 e. The lowest BCUT2D eigenvalue weighted by molar-refractivity contribution is 0.600. The molecule has 1 aromatic heterocycles. The fourth-order valence-electron chi connectivity index (χ4n) is 1.94. The van der Waals surface area contributed by atoms with E-state index in [1.807, 2.05) is 26.8 Å². The monoisotopic (exact) mass is 262 g/mol. The Morgan fingerprint density at radius 1 is 1.32 bits per heavy atom. The molecule has 102 valence electrons. The van der Waals surface area contributed by atoms with Crippen molar-refractivity contribution < 1.29 is 4.39 Å². The topological polar surface area (TPSA) is 56.7 Å². The summed E-state index contributed by atoms with van der Waals surface area (Å²) in [5.74, 6) is 1.17. The maximum Gasteiger partial charge on any atom is 0.151 e. The SMILES string of the molecule is CCc1nc(CC)n(-c2ccc([C@@H](C)N)cc2F)n1. The number of nitrogens with zero attached hydrogens (tertiary/aromatic N) is 3. The van der Waals surface area contributed by atoms with Gasteiger partial charge in [0.05, 0.1) is 0 Å². The zero-order chi connectivity index (χ0) is 14.0. The number of halogens is 1. The van der Waals surface area contributed by atoms with Crippen LogP contribution in [0.4, 0.5) is 4.39 Å². The Hall–Kier alpha value is -1.75. The Morgan fingerprint density at radius 3 is 2.58 bits per heavy atom. The second-order valence-electron chi connectivity index (χ2n) is 4.56. The molecular weight excluding hydrogens is 243 g/mol. The van der Waals surface area contributed by atoms with Crippen molar-refractivity contribution in [3.05, 3.63) is 41.2 Å². The van der Waals surface area contributed by atoms with Crippen molar-refractivity contribution in [1.29, 1.82) is 0 Å². The molecule has 1 atom stereocenters. The summed E-state index contributed by atoms with van der Waals surface area (Å²) in [5, 5.41) is 4.34. The minimum absolute atomic E-state index is 0.184. The average molecular weight is 262 g/mol. The van der Waals surface area contributed by atoms with Gasteiger partial charge in [-0.2, -0.15) is 5.10 Å². The van der Waals surface area contributed by atoms with Crippen LogP contribution >= 0.6 is 0 Å². The molecule has 19 heavy (non-hydrogen) atoms. The molecule has 0 bridgehead atoms. The summed E-state index contributed by atoms with van der Waals surface area (Å²) in [6.45, 7) is 5.79. The van der Waals surface area contributed by atoms with Crippen molar-refractivity contribution in [3.63, 3.8) is 0 Å². The third-order valence-corrected chi connectivity index (χ3v) is 3.08. The molecule has 0 fully saturated rings. The van der Waals surface area contributed by atoms with Gasteiger partial charge >= 0.3 is 0 Å². The molecule has 1 aromatic carbocycles. The van der Waals surface area contributed by atoms with Gasteiger partial charge in [0.2, 0.25) is 0 Å². The number of aryl methyl sites for hydroxylation is 2. The van der Waals surface area contributed by atoms with Gasteiger partial charge in [-0.3, -0.25) is 0 Å². The second kappa shape index (κ2) is 5.48. The van der Waals surface area contributed by atoms with Crippen molar-refractivity contribution in [1.82, 2.24) is 14.8 Å². The van der Waals surface area contributed by atoms with Gasteiger partial charge in [-0.1, -0.05) is 19.9 Å². The lowest BCUT2D eigenvalue weighted by Gasteiger charge is -2.10. The van der Waals surface area contributed by atoms with E-state index in [0.29, 0.717) is 12.1 Å². The maximum absolute atomic E-state index is 14.2. The number of nitrogens with two attached hydrogens (primary N) is 1. The quantitative estimate of drug-likeness (QED) is 0.921. The lowest BCUT2D eigenvalue weighted by Crippen LogP contribution is -2.08. The number of hydrogen-bond acceptors (Lipinski definition) is 3. The molecular formula is C14H19FN4. The molecule has 0 spiro atoms. The molecule has 0 saturated heterocycles. The summed E-state index contributed by atoms with van der Waals surface area (Å²) in [4.78, 5) is 4.38. The predicted octanol–water partition coefficient (Wildman–Crippen LogP) is 2.55. The fourth-order valence-corrected chi connectivity index (χ4v) is 1.94. The van der Waals surface area contributed by atoms with Crippen LogP contribution in [0.2, 0.25) is 0 Å². The number of aromatic nitrogens is 3. The molecule has 4 nitrogen and oxygen atoms in total. The Balaban J connectivity index is 2.49. The summed E-state index contributed by atoms with van der Waals surface area (Å²) in [5.41, 5.74) is 6.95. The standard InChI is InChI=1S/C14H19FN4/c1-4-13-17-14(5-2)19(18-13)12-7-6-10(9(3)16)8-11(12)15/h6-9H,4-5,16H2,1-3H3/t9-/m1/s1. The van der Waals surface area contributed by atoms with E-state index in [1.54, 1.807) is 10.7 Å². The van der Waals surface area contributed by atoms with E-state index in [0.717, 1.165) is 23.6 Å². The summed E-state index contributed by atoms with van der Waals surface area (Å²) in [6.07, 6.45) is 1.45. The van der Waals surface area contributed by atoms with E-state index in [-0.39, 0.29) is 11.9 Å². The van der Waals surface area contributed by atoms with Crippen LogP contribution in [0.3, 0.4) is 0 Å². The molecule has 2 aromatic rings. The van der Waals surface area contributed by atoms with Gasteiger partial charge in [-0.15, -0.1) is 0 Å². The highest BCUT2D eigenvalue weighted by atomic mass is 19.1. The molecule has 0 aliphatic carbocycles. The lowest BCUT2D eigenvalue weighted by atomic mass is 10.1. The normalized spacial score (nSPS) is 12.7. The molecule has 0 radical (unpaired) electrons. The van der Waals surface area contributed by atoms with E-state index >= 15 is 0 Å². The van der Waals surface area contributed by atoms with Crippen molar-refractivity contribution in [2.24, 2.45) is 5.73 Å². The number of rotatable bonds is 4. The Bertz CT molecular complexity index is 575. The van der Waals surface area contributed by atoms with Crippen LogP contribution in [-0.2, 0) is 12.8 Å². The van der Waals surface area contributed by atoms with Crippen molar-refractivity contribution >= 4 is 0 Å². The largest absolute Gasteiger partial charge is 0.324 e. The summed E-state index contributed by atoms with van der Waals surface area (Å²) >= 11 is 0.